The number of hydrogen-bond donors (Lipinski definition) is 1. The zero-order chi connectivity index (χ0) is 25.3. The normalized spacial score (nSPS) is 42.5. The second-order valence-corrected chi connectivity index (χ2v) is 13.7. The third-order valence-corrected chi connectivity index (χ3v) is 11.9. The topological polar surface area (TPSA) is 66.8 Å². The molecule has 204 valence electrons. The van der Waals surface area contributed by atoms with Crippen LogP contribution in [0.3, 0.4) is 0 Å². The highest BCUT2D eigenvalue weighted by Gasteiger charge is 2.62. The molecule has 1 N–H and O–H groups in total. The number of hydrogen-bond acceptors (Lipinski definition) is 4. The second kappa shape index (κ2) is 11.0. The van der Waals surface area contributed by atoms with Gasteiger partial charge in [0.2, 0.25) is 5.91 Å². The molecule has 1 heterocycles. The van der Waals surface area contributed by atoms with E-state index >= 15 is 0 Å². The number of Topliss-reactive ketones (excluding diaryl/α,β-unsaturated/α-hetero) is 1. The Bertz CT molecular complexity index is 793. The monoisotopic (exact) mass is 501 g/mol. The summed E-state index contributed by atoms with van der Waals surface area (Å²) >= 11 is 0. The van der Waals surface area contributed by atoms with E-state index in [1.807, 2.05) is 4.90 Å². The lowest BCUT2D eigenvalue weighted by atomic mass is 9.42. The second-order valence-electron chi connectivity index (χ2n) is 13.7. The lowest BCUT2D eigenvalue weighted by Gasteiger charge is -2.62. The van der Waals surface area contributed by atoms with Crippen molar-refractivity contribution in [2.45, 2.75) is 116 Å². The molecule has 5 heteroatoms. The lowest BCUT2D eigenvalue weighted by Crippen LogP contribution is -2.57. The standard InChI is InChI=1S/C31H51NO4/c1-30-14-12-24(33)21-23(30)20-22(29-25-10-11-27(34)31(25,2)15-13-26(29)30)8-6-4-3-5-7-9-28(35)32-16-18-36-19-17-32/h22-23,25-27,29,34H,3-21H2,1-2H3/t22?,23-,25-,26-,27-,29-,30-,31-/m0/s1. The van der Waals surface area contributed by atoms with Gasteiger partial charge >= 0.3 is 0 Å². The van der Waals surface area contributed by atoms with E-state index in [9.17, 15) is 14.7 Å². The number of fused-ring (bicyclic) bond motifs is 5. The molecule has 5 nitrogen and oxygen atoms in total. The van der Waals surface area contributed by atoms with Gasteiger partial charge in [-0.1, -0.05) is 46.0 Å². The fraction of sp³-hybridized carbons (Fsp3) is 0.935. The Kier molecular flexibility index (Phi) is 8.18. The van der Waals surface area contributed by atoms with E-state index < -0.39 is 0 Å². The molecule has 5 aliphatic rings. The van der Waals surface area contributed by atoms with Gasteiger partial charge in [-0.3, -0.25) is 9.59 Å². The molecule has 1 amide bonds. The molecule has 0 spiro atoms. The fourth-order valence-corrected chi connectivity index (χ4v) is 9.67. The zero-order valence-electron chi connectivity index (χ0n) is 23.0. The number of rotatable bonds is 8. The first-order valence-electron chi connectivity index (χ1n) is 15.4. The maximum Gasteiger partial charge on any atom is 0.222 e. The van der Waals surface area contributed by atoms with Gasteiger partial charge in [-0.25, -0.2) is 0 Å². The van der Waals surface area contributed by atoms with Crippen LogP contribution in [0.25, 0.3) is 0 Å². The van der Waals surface area contributed by atoms with Crippen LogP contribution in [-0.4, -0.2) is 54.1 Å². The highest BCUT2D eigenvalue weighted by molar-refractivity contribution is 5.79. The predicted molar refractivity (Wildman–Crippen MR) is 141 cm³/mol. The van der Waals surface area contributed by atoms with Crippen molar-refractivity contribution in [3.05, 3.63) is 0 Å². The summed E-state index contributed by atoms with van der Waals surface area (Å²) in [6.45, 7) is 7.80. The molecule has 4 aliphatic carbocycles. The van der Waals surface area contributed by atoms with Crippen LogP contribution < -0.4 is 0 Å². The molecule has 1 unspecified atom stereocenters. The molecule has 1 aliphatic heterocycles. The smallest absolute Gasteiger partial charge is 0.222 e. The summed E-state index contributed by atoms with van der Waals surface area (Å²) in [5.74, 6) is 4.24. The SMILES string of the molecule is C[C@]12CCC(=O)C[C@@H]1CC(CCCCCCCC(=O)N1CCOCC1)[C@@H]1[C@@H]2CC[C@]2(C)[C@@H](O)CC[C@@H]12. The van der Waals surface area contributed by atoms with Gasteiger partial charge in [0.25, 0.3) is 0 Å². The van der Waals surface area contributed by atoms with Gasteiger partial charge in [0.05, 0.1) is 19.3 Å². The van der Waals surface area contributed by atoms with E-state index in [2.05, 4.69) is 13.8 Å². The molecular formula is C31H51NO4. The molecule has 0 aromatic carbocycles. The van der Waals surface area contributed by atoms with Gasteiger partial charge < -0.3 is 14.7 Å². The van der Waals surface area contributed by atoms with E-state index in [1.54, 1.807) is 0 Å². The van der Waals surface area contributed by atoms with Crippen LogP contribution in [0, 0.1) is 40.4 Å². The van der Waals surface area contributed by atoms with Gasteiger partial charge in [0, 0.05) is 32.4 Å². The van der Waals surface area contributed by atoms with E-state index in [-0.39, 0.29) is 11.5 Å². The van der Waals surface area contributed by atoms with Crippen molar-refractivity contribution in [2.24, 2.45) is 40.4 Å². The third-order valence-electron chi connectivity index (χ3n) is 11.9. The molecule has 0 bridgehead atoms. The van der Waals surface area contributed by atoms with E-state index in [0.29, 0.717) is 48.6 Å². The maximum atomic E-state index is 12.4. The predicted octanol–water partition coefficient (Wildman–Crippen LogP) is 5.77. The number of morpholine rings is 1. The van der Waals surface area contributed by atoms with E-state index in [4.69, 9.17) is 4.74 Å². The minimum absolute atomic E-state index is 0.111. The number of amides is 1. The van der Waals surface area contributed by atoms with Crippen molar-refractivity contribution in [1.29, 1.82) is 0 Å². The molecular weight excluding hydrogens is 450 g/mol. The number of carbonyl (C=O) groups is 2. The number of nitrogens with zero attached hydrogens (tertiary/aromatic N) is 1. The van der Waals surface area contributed by atoms with Crippen LogP contribution in [0.15, 0.2) is 0 Å². The van der Waals surface area contributed by atoms with Crippen molar-refractivity contribution in [3.8, 4) is 0 Å². The summed E-state index contributed by atoms with van der Waals surface area (Å²) in [5.41, 5.74) is 0.442. The Labute approximate surface area is 219 Å². The zero-order valence-corrected chi connectivity index (χ0v) is 23.0. The average Bonchev–Trinajstić information content (AvgIpc) is 3.18. The van der Waals surface area contributed by atoms with E-state index in [0.717, 1.165) is 69.4 Å². The molecule has 0 radical (unpaired) electrons. The first kappa shape index (κ1) is 26.7. The molecule has 0 aromatic rings. The third kappa shape index (κ3) is 5.05. The summed E-state index contributed by atoms with van der Waals surface area (Å²) in [4.78, 5) is 26.8. The quantitative estimate of drug-likeness (QED) is 0.429. The fourth-order valence-electron chi connectivity index (χ4n) is 9.67. The largest absolute Gasteiger partial charge is 0.393 e. The van der Waals surface area contributed by atoms with Crippen LogP contribution in [-0.2, 0) is 14.3 Å². The van der Waals surface area contributed by atoms with Crippen LogP contribution in [0.5, 0.6) is 0 Å². The van der Waals surface area contributed by atoms with Gasteiger partial charge in [-0.05, 0) is 85.4 Å². The van der Waals surface area contributed by atoms with Crippen LogP contribution in [0.1, 0.15) is 110 Å². The Morgan fingerprint density at radius 2 is 1.69 bits per heavy atom. The summed E-state index contributed by atoms with van der Waals surface area (Å²) in [6, 6.07) is 0. The van der Waals surface area contributed by atoms with Gasteiger partial charge in [0.15, 0.2) is 0 Å². The number of carbonyl (C=O) groups excluding carboxylic acids is 2. The molecule has 36 heavy (non-hydrogen) atoms. The van der Waals surface area contributed by atoms with Crippen molar-refractivity contribution in [3.63, 3.8) is 0 Å². The van der Waals surface area contributed by atoms with Gasteiger partial charge in [0.1, 0.15) is 5.78 Å². The van der Waals surface area contributed by atoms with Crippen molar-refractivity contribution >= 4 is 11.7 Å². The van der Waals surface area contributed by atoms with Crippen LogP contribution in [0.4, 0.5) is 0 Å². The van der Waals surface area contributed by atoms with Gasteiger partial charge in [-0.15, -0.1) is 0 Å². The van der Waals surface area contributed by atoms with Crippen molar-refractivity contribution < 1.29 is 19.4 Å². The summed E-state index contributed by atoms with van der Waals surface area (Å²) in [6.07, 6.45) is 16.3. The van der Waals surface area contributed by atoms with Crippen LogP contribution >= 0.6 is 0 Å². The van der Waals surface area contributed by atoms with E-state index in [1.165, 1.54) is 51.4 Å². The molecule has 5 fully saturated rings. The Morgan fingerprint density at radius 1 is 0.972 bits per heavy atom. The van der Waals surface area contributed by atoms with Crippen molar-refractivity contribution in [1.82, 2.24) is 4.90 Å². The molecule has 0 aromatic heterocycles. The number of ether oxygens (including phenoxy) is 1. The Hall–Kier alpha value is -0.940. The van der Waals surface area contributed by atoms with Crippen LogP contribution in [0.2, 0.25) is 0 Å². The maximum absolute atomic E-state index is 12.4. The average molecular weight is 502 g/mol. The summed E-state index contributed by atoms with van der Waals surface area (Å²) in [7, 11) is 0. The Balaban J connectivity index is 1.14. The number of aliphatic hydroxyl groups excluding tert-OH is 1. The summed E-state index contributed by atoms with van der Waals surface area (Å²) < 4.78 is 5.35. The summed E-state index contributed by atoms with van der Waals surface area (Å²) in [5, 5.41) is 10.9. The lowest BCUT2D eigenvalue weighted by molar-refractivity contribution is -0.156. The molecule has 4 saturated carbocycles. The Morgan fingerprint density at radius 3 is 2.50 bits per heavy atom. The molecule has 1 saturated heterocycles. The highest BCUT2D eigenvalue weighted by Crippen LogP contribution is 2.67. The minimum atomic E-state index is -0.122. The molecule has 5 rings (SSSR count). The minimum Gasteiger partial charge on any atom is -0.393 e. The van der Waals surface area contributed by atoms with Gasteiger partial charge in [-0.2, -0.15) is 0 Å². The number of ketones is 1. The molecule has 8 atom stereocenters. The first-order chi connectivity index (χ1) is 17.3. The first-order valence-corrected chi connectivity index (χ1v) is 15.4. The number of aliphatic hydroxyl groups is 1. The number of unbranched alkanes of at least 4 members (excludes halogenated alkanes) is 4. The van der Waals surface area contributed by atoms with Crippen molar-refractivity contribution in [2.75, 3.05) is 26.3 Å². The highest BCUT2D eigenvalue weighted by atomic mass is 16.5.